The SMILES string of the molecule is C=CCCCCc1cc(F)cc(C)c1-c1cccc([C@H](CC(=O)OC)NC(=O)[C@H](CC=C)n2nc(Cl)ccc2=O)c1. The van der Waals surface area contributed by atoms with Gasteiger partial charge in [0.25, 0.3) is 5.56 Å². The van der Waals surface area contributed by atoms with Gasteiger partial charge in [-0.3, -0.25) is 14.4 Å². The quantitative estimate of drug-likeness (QED) is 0.135. The van der Waals surface area contributed by atoms with Crippen molar-refractivity contribution in [1.29, 1.82) is 0 Å². The number of rotatable bonds is 14. The molecule has 0 aliphatic carbocycles. The van der Waals surface area contributed by atoms with Crippen LogP contribution in [0, 0.1) is 12.7 Å². The van der Waals surface area contributed by atoms with E-state index in [0.717, 1.165) is 46.2 Å². The van der Waals surface area contributed by atoms with Crippen LogP contribution in [0.5, 0.6) is 0 Å². The lowest BCUT2D eigenvalue weighted by atomic mass is 9.90. The summed E-state index contributed by atoms with van der Waals surface area (Å²) in [5.41, 5.74) is 3.55. The van der Waals surface area contributed by atoms with Crippen LogP contribution >= 0.6 is 11.6 Å². The van der Waals surface area contributed by atoms with Crippen molar-refractivity contribution in [2.75, 3.05) is 7.11 Å². The van der Waals surface area contributed by atoms with Crippen molar-refractivity contribution in [2.45, 2.75) is 57.5 Å². The van der Waals surface area contributed by atoms with Crippen molar-refractivity contribution in [1.82, 2.24) is 15.1 Å². The summed E-state index contributed by atoms with van der Waals surface area (Å²) in [6, 6.07) is 11.2. The van der Waals surface area contributed by atoms with Crippen molar-refractivity contribution in [3.05, 3.63) is 112 Å². The summed E-state index contributed by atoms with van der Waals surface area (Å²) in [6.07, 6.45) is 6.73. The van der Waals surface area contributed by atoms with E-state index in [-0.39, 0.29) is 23.8 Å². The number of methoxy groups -OCH3 is 1. The molecule has 1 amide bonds. The van der Waals surface area contributed by atoms with Gasteiger partial charge in [0.2, 0.25) is 5.91 Å². The van der Waals surface area contributed by atoms with Crippen LogP contribution in [0.3, 0.4) is 0 Å². The van der Waals surface area contributed by atoms with E-state index in [1.54, 1.807) is 12.1 Å². The number of ether oxygens (including phenoxy) is 1. The zero-order chi connectivity index (χ0) is 29.9. The first-order valence-corrected chi connectivity index (χ1v) is 13.8. The largest absolute Gasteiger partial charge is 0.469 e. The molecule has 0 aliphatic rings. The predicted molar refractivity (Wildman–Crippen MR) is 159 cm³/mol. The molecule has 0 spiro atoms. The highest BCUT2D eigenvalue weighted by atomic mass is 35.5. The summed E-state index contributed by atoms with van der Waals surface area (Å²) in [4.78, 5) is 38.4. The van der Waals surface area contributed by atoms with Crippen LogP contribution < -0.4 is 10.9 Å². The van der Waals surface area contributed by atoms with Gasteiger partial charge in [-0.1, -0.05) is 42.0 Å². The Morgan fingerprint density at radius 3 is 2.63 bits per heavy atom. The minimum Gasteiger partial charge on any atom is -0.469 e. The second kappa shape index (κ2) is 15.1. The third-order valence-electron chi connectivity index (χ3n) is 6.76. The van der Waals surface area contributed by atoms with E-state index in [1.807, 2.05) is 31.2 Å². The molecule has 9 heteroatoms. The molecule has 7 nitrogen and oxygen atoms in total. The number of aromatic nitrogens is 2. The maximum atomic E-state index is 14.4. The summed E-state index contributed by atoms with van der Waals surface area (Å²) in [6.45, 7) is 9.32. The lowest BCUT2D eigenvalue weighted by molar-refractivity contribution is -0.141. The molecule has 41 heavy (non-hydrogen) atoms. The van der Waals surface area contributed by atoms with Crippen LogP contribution in [0.2, 0.25) is 5.15 Å². The van der Waals surface area contributed by atoms with Gasteiger partial charge in [0.15, 0.2) is 0 Å². The van der Waals surface area contributed by atoms with Gasteiger partial charge in [0.05, 0.1) is 19.6 Å². The number of benzene rings is 2. The number of nitrogens with zero attached hydrogens (tertiary/aromatic N) is 2. The molecule has 0 bridgehead atoms. The van der Waals surface area contributed by atoms with Gasteiger partial charge >= 0.3 is 5.97 Å². The Kier molecular flexibility index (Phi) is 11.6. The molecule has 0 unspecified atom stereocenters. The third kappa shape index (κ3) is 8.47. The molecule has 0 saturated carbocycles. The van der Waals surface area contributed by atoms with E-state index < -0.39 is 29.5 Å². The Labute approximate surface area is 244 Å². The van der Waals surface area contributed by atoms with Crippen molar-refractivity contribution in [3.63, 3.8) is 0 Å². The Balaban J connectivity index is 2.01. The fourth-order valence-corrected chi connectivity index (χ4v) is 4.95. The van der Waals surface area contributed by atoms with Gasteiger partial charge in [-0.05, 0) is 91.1 Å². The lowest BCUT2D eigenvalue weighted by Crippen LogP contribution is -2.40. The van der Waals surface area contributed by atoms with Crippen LogP contribution in [0.25, 0.3) is 11.1 Å². The molecule has 1 heterocycles. The highest BCUT2D eigenvalue weighted by Gasteiger charge is 2.27. The van der Waals surface area contributed by atoms with Gasteiger partial charge in [0.1, 0.15) is 17.0 Å². The van der Waals surface area contributed by atoms with Crippen LogP contribution in [-0.2, 0) is 20.7 Å². The minimum absolute atomic E-state index is 0.0558. The van der Waals surface area contributed by atoms with E-state index in [0.29, 0.717) is 12.0 Å². The number of aryl methyl sites for hydroxylation is 2. The van der Waals surface area contributed by atoms with E-state index >= 15 is 0 Å². The fraction of sp³-hybridized carbons (Fsp3) is 0.312. The van der Waals surface area contributed by atoms with Crippen LogP contribution in [-0.4, -0.2) is 28.8 Å². The highest BCUT2D eigenvalue weighted by molar-refractivity contribution is 6.29. The summed E-state index contributed by atoms with van der Waals surface area (Å²) in [7, 11) is 1.27. The standard InChI is InChI=1S/C32H35ClFN3O4/c1-5-7-8-9-12-24-19-25(34)17-21(3)31(24)23-14-10-13-22(18-23)26(20-30(39)41-4)35-32(40)27(11-6-2)37-29(38)16-15-28(33)36-37/h5-6,10,13-19,26-27H,1-2,7-9,11-12,20H2,3-4H3,(H,35,40)/t26-,27-/m0/s1. The molecule has 1 aromatic heterocycles. The highest BCUT2D eigenvalue weighted by Crippen LogP contribution is 2.32. The van der Waals surface area contributed by atoms with E-state index in [4.69, 9.17) is 16.3 Å². The molecule has 2 aromatic carbocycles. The van der Waals surface area contributed by atoms with Gasteiger partial charge in [-0.25, -0.2) is 9.07 Å². The summed E-state index contributed by atoms with van der Waals surface area (Å²) in [5, 5.41) is 6.97. The Hall–Kier alpha value is -4.04. The Morgan fingerprint density at radius 2 is 1.93 bits per heavy atom. The molecule has 1 N–H and O–H groups in total. The number of unbranched alkanes of at least 4 members (excludes halogenated alkanes) is 2. The molecule has 0 aliphatic heterocycles. The second-order valence-electron chi connectivity index (χ2n) is 9.74. The van der Waals surface area contributed by atoms with Crippen LogP contribution in [0.15, 0.2) is 78.6 Å². The van der Waals surface area contributed by atoms with Crippen molar-refractivity contribution < 1.29 is 18.7 Å². The molecular weight excluding hydrogens is 545 g/mol. The molecule has 3 rings (SSSR count). The average Bonchev–Trinajstić information content (AvgIpc) is 2.94. The topological polar surface area (TPSA) is 90.3 Å². The monoisotopic (exact) mass is 579 g/mol. The van der Waals surface area contributed by atoms with Crippen LogP contribution in [0.1, 0.15) is 60.9 Å². The zero-order valence-corrected chi connectivity index (χ0v) is 24.1. The smallest absolute Gasteiger partial charge is 0.307 e. The fourth-order valence-electron chi connectivity index (χ4n) is 4.81. The number of nitrogens with one attached hydrogen (secondary N) is 1. The molecule has 0 radical (unpaired) electrons. The van der Waals surface area contributed by atoms with E-state index in [1.165, 1.54) is 31.4 Å². The average molecular weight is 580 g/mol. The number of amides is 1. The minimum atomic E-state index is -1.04. The van der Waals surface area contributed by atoms with Crippen LogP contribution in [0.4, 0.5) is 4.39 Å². The molecule has 216 valence electrons. The van der Waals surface area contributed by atoms with Gasteiger partial charge in [0, 0.05) is 6.07 Å². The number of hydrogen-bond acceptors (Lipinski definition) is 5. The lowest BCUT2D eigenvalue weighted by Gasteiger charge is -2.23. The van der Waals surface area contributed by atoms with Crippen molar-refractivity contribution >= 4 is 23.5 Å². The number of halogens is 2. The summed E-state index contributed by atoms with van der Waals surface area (Å²) < 4.78 is 20.3. The normalized spacial score (nSPS) is 12.3. The molecule has 0 saturated heterocycles. The van der Waals surface area contributed by atoms with Crippen molar-refractivity contribution in [2.24, 2.45) is 0 Å². The van der Waals surface area contributed by atoms with E-state index in [9.17, 15) is 18.8 Å². The molecule has 3 aromatic rings. The Bertz CT molecular complexity index is 1470. The zero-order valence-electron chi connectivity index (χ0n) is 23.4. The number of carbonyl (C=O) groups excluding carboxylic acids is 2. The Morgan fingerprint density at radius 1 is 1.15 bits per heavy atom. The molecular formula is C32H35ClFN3O4. The first kappa shape index (κ1) is 31.5. The third-order valence-corrected chi connectivity index (χ3v) is 6.96. The molecule has 2 atom stereocenters. The maximum absolute atomic E-state index is 14.4. The van der Waals surface area contributed by atoms with Gasteiger partial charge < -0.3 is 10.1 Å². The van der Waals surface area contributed by atoms with Gasteiger partial charge in [-0.2, -0.15) is 5.10 Å². The number of carbonyl (C=O) groups is 2. The van der Waals surface area contributed by atoms with Crippen molar-refractivity contribution in [3.8, 4) is 11.1 Å². The summed E-state index contributed by atoms with van der Waals surface area (Å²) in [5.74, 6) is -1.36. The first-order valence-electron chi connectivity index (χ1n) is 13.4. The second-order valence-corrected chi connectivity index (χ2v) is 10.1. The first-order chi connectivity index (χ1) is 19.7. The van der Waals surface area contributed by atoms with Gasteiger partial charge in [-0.15, -0.1) is 13.2 Å². The summed E-state index contributed by atoms with van der Waals surface area (Å²) >= 11 is 6.00. The number of hydrogen-bond donors (Lipinski definition) is 1. The molecule has 0 fully saturated rings. The predicted octanol–water partition coefficient (Wildman–Crippen LogP) is 6.45. The maximum Gasteiger partial charge on any atom is 0.307 e. The number of esters is 1. The van der Waals surface area contributed by atoms with E-state index in [2.05, 4.69) is 23.6 Å². The number of allylic oxidation sites excluding steroid dienone is 2.